The maximum atomic E-state index is 12.7. The summed E-state index contributed by atoms with van der Waals surface area (Å²) in [5.41, 5.74) is 8.76. The number of carbonyl (C=O) groups excluding carboxylic acids is 1. The van der Waals surface area contributed by atoms with Crippen molar-refractivity contribution in [3.8, 4) is 10.6 Å². The first-order valence-electron chi connectivity index (χ1n) is 9.83. The largest absolute Gasteiger partial charge is 0.354 e. The molecule has 156 valence electrons. The highest BCUT2D eigenvalue weighted by molar-refractivity contribution is 7.19. The van der Waals surface area contributed by atoms with Crippen molar-refractivity contribution >= 4 is 33.5 Å². The lowest BCUT2D eigenvalue weighted by atomic mass is 9.99. The van der Waals surface area contributed by atoms with Gasteiger partial charge in [0, 0.05) is 44.2 Å². The van der Waals surface area contributed by atoms with Crippen molar-refractivity contribution < 1.29 is 4.79 Å². The molecule has 8 nitrogen and oxygen atoms in total. The van der Waals surface area contributed by atoms with E-state index in [0.717, 1.165) is 48.4 Å². The molecule has 3 heterocycles. The minimum absolute atomic E-state index is 0.00187. The summed E-state index contributed by atoms with van der Waals surface area (Å²) in [5, 5.41) is 8.47. The Morgan fingerprint density at radius 2 is 2.03 bits per heavy atom. The molecule has 1 fully saturated rings. The van der Waals surface area contributed by atoms with Crippen LogP contribution in [0.4, 0.5) is 5.82 Å². The number of rotatable bonds is 6. The van der Waals surface area contributed by atoms with E-state index >= 15 is 0 Å². The molecular formula is C21H24N6O2S. The van der Waals surface area contributed by atoms with Gasteiger partial charge in [-0.1, -0.05) is 29.6 Å². The molecule has 0 amide bonds. The van der Waals surface area contributed by atoms with Crippen LogP contribution < -0.4 is 21.5 Å². The van der Waals surface area contributed by atoms with E-state index in [-0.39, 0.29) is 24.3 Å². The molecule has 0 spiro atoms. The number of fused-ring (bicyclic) bond motifs is 1. The third-order valence-corrected chi connectivity index (χ3v) is 5.99. The first kappa shape index (κ1) is 20.4. The number of nitrogens with one attached hydrogen (secondary N) is 1. The van der Waals surface area contributed by atoms with Crippen molar-refractivity contribution in [2.75, 3.05) is 37.6 Å². The van der Waals surface area contributed by atoms with Crippen LogP contribution >= 0.6 is 11.3 Å². The summed E-state index contributed by atoms with van der Waals surface area (Å²) >= 11 is 1.36. The Bertz CT molecular complexity index is 1180. The predicted octanol–water partition coefficient (Wildman–Crippen LogP) is 1.33. The predicted molar refractivity (Wildman–Crippen MR) is 120 cm³/mol. The molecule has 3 N–H and O–H groups in total. The second-order valence-electron chi connectivity index (χ2n) is 7.41. The highest BCUT2D eigenvalue weighted by Crippen LogP contribution is 2.29. The van der Waals surface area contributed by atoms with Gasteiger partial charge >= 0.3 is 0 Å². The quantitative estimate of drug-likeness (QED) is 0.615. The minimum atomic E-state index is -0.203. The van der Waals surface area contributed by atoms with Crippen LogP contribution in [-0.2, 0) is 11.2 Å². The number of hydrogen-bond acceptors (Lipinski definition) is 8. The summed E-state index contributed by atoms with van der Waals surface area (Å²) in [6.07, 6.45) is 0.251. The average Bonchev–Trinajstić information content (AvgIpc) is 3.19. The van der Waals surface area contributed by atoms with Crippen molar-refractivity contribution in [2.45, 2.75) is 13.3 Å². The Labute approximate surface area is 178 Å². The van der Waals surface area contributed by atoms with Gasteiger partial charge in [0.1, 0.15) is 10.8 Å². The van der Waals surface area contributed by atoms with Gasteiger partial charge in [-0.25, -0.2) is 4.98 Å². The number of ketones is 1. The zero-order valence-electron chi connectivity index (χ0n) is 16.9. The molecule has 1 aliphatic heterocycles. The summed E-state index contributed by atoms with van der Waals surface area (Å²) in [5.74, 6) is 0.643. The fraction of sp³-hybridized carbons (Fsp3) is 0.333. The maximum Gasteiger partial charge on any atom is 0.277 e. The van der Waals surface area contributed by atoms with Gasteiger partial charge in [0.2, 0.25) is 4.96 Å². The molecule has 0 radical (unpaired) electrons. The van der Waals surface area contributed by atoms with Crippen molar-refractivity contribution in [1.29, 1.82) is 0 Å². The fourth-order valence-corrected chi connectivity index (χ4v) is 4.32. The van der Waals surface area contributed by atoms with Gasteiger partial charge in [-0.15, -0.1) is 0 Å². The van der Waals surface area contributed by atoms with Crippen LogP contribution in [0.3, 0.4) is 0 Å². The Morgan fingerprint density at radius 1 is 1.27 bits per heavy atom. The lowest BCUT2D eigenvalue weighted by Gasteiger charge is -2.27. The fourth-order valence-electron chi connectivity index (χ4n) is 3.44. The number of piperazine rings is 1. The van der Waals surface area contributed by atoms with E-state index in [4.69, 9.17) is 5.73 Å². The van der Waals surface area contributed by atoms with Gasteiger partial charge < -0.3 is 16.0 Å². The summed E-state index contributed by atoms with van der Waals surface area (Å²) in [6, 6.07) is 7.37. The third-order valence-electron chi connectivity index (χ3n) is 5.03. The Kier molecular flexibility index (Phi) is 5.76. The monoisotopic (exact) mass is 424 g/mol. The molecule has 0 aliphatic carbocycles. The molecule has 4 rings (SSSR count). The number of anilines is 1. The van der Waals surface area contributed by atoms with Gasteiger partial charge in [-0.3, -0.25) is 9.59 Å². The van der Waals surface area contributed by atoms with Gasteiger partial charge in [0.05, 0.1) is 6.54 Å². The van der Waals surface area contributed by atoms with Crippen LogP contribution in [0.25, 0.3) is 21.1 Å². The zero-order valence-corrected chi connectivity index (χ0v) is 17.7. The van der Waals surface area contributed by atoms with E-state index in [2.05, 4.69) is 26.9 Å². The minimum Gasteiger partial charge on any atom is -0.354 e. The molecular weight excluding hydrogens is 400 g/mol. The zero-order chi connectivity index (χ0) is 21.3. The number of hydrogen-bond donors (Lipinski definition) is 2. The molecule has 1 saturated heterocycles. The molecule has 9 heteroatoms. The first-order valence-corrected chi connectivity index (χ1v) is 10.6. The molecule has 0 saturated carbocycles. The number of benzene rings is 1. The van der Waals surface area contributed by atoms with Crippen LogP contribution in [0.2, 0.25) is 0 Å². The topological polar surface area (TPSA) is 106 Å². The van der Waals surface area contributed by atoms with Crippen molar-refractivity contribution in [3.63, 3.8) is 0 Å². The Balaban J connectivity index is 1.77. The van der Waals surface area contributed by atoms with E-state index in [0.29, 0.717) is 15.8 Å². The number of Topliss-reactive ketones (excluding diaryl/α,β-unsaturated/α-hetero) is 1. The molecule has 3 aromatic rings. The van der Waals surface area contributed by atoms with Gasteiger partial charge in [-0.05, 0) is 30.2 Å². The second-order valence-corrected chi connectivity index (χ2v) is 8.37. The number of nitrogens with two attached hydrogens (primary N) is 1. The van der Waals surface area contributed by atoms with Crippen LogP contribution in [0, 0.1) is 0 Å². The van der Waals surface area contributed by atoms with Crippen LogP contribution in [0.1, 0.15) is 18.1 Å². The Morgan fingerprint density at radius 3 is 2.73 bits per heavy atom. The van der Waals surface area contributed by atoms with E-state index in [1.165, 1.54) is 21.9 Å². The highest BCUT2D eigenvalue weighted by Gasteiger charge is 2.17. The van der Waals surface area contributed by atoms with E-state index < -0.39 is 0 Å². The number of nitrogens with zero attached hydrogens (tertiary/aromatic N) is 4. The van der Waals surface area contributed by atoms with E-state index in [9.17, 15) is 9.59 Å². The Hall–Kier alpha value is -2.88. The molecule has 1 aromatic carbocycles. The molecule has 1 aliphatic rings. The average molecular weight is 425 g/mol. The summed E-state index contributed by atoms with van der Waals surface area (Å²) < 4.78 is 1.34. The lowest BCUT2D eigenvalue weighted by molar-refractivity contribution is -0.117. The number of allylic oxidation sites excluding steroid dienone is 1. The van der Waals surface area contributed by atoms with Crippen LogP contribution in [-0.4, -0.2) is 53.1 Å². The number of aromatic nitrogens is 3. The maximum absolute atomic E-state index is 12.7. The summed E-state index contributed by atoms with van der Waals surface area (Å²) in [6.45, 7) is 9.29. The standard InChI is InChI=1S/C21H24N6O2S/c1-13(2)15-7-14(9-17(28)12-22)8-16(10-15)20-25-27-19(29)11-18(24-21(27)30-20)26-5-3-23-4-6-26/h7-8,10-11,23H,1,3-6,9,12,22H2,2H3. The SMILES string of the molecule is C=C(C)c1cc(CC(=O)CN)cc(-c2nn3c(=O)cc(N4CCNCC4)nc3s2)c1. The van der Waals surface area contributed by atoms with Crippen LogP contribution in [0.5, 0.6) is 0 Å². The lowest BCUT2D eigenvalue weighted by Crippen LogP contribution is -2.44. The smallest absolute Gasteiger partial charge is 0.277 e. The van der Waals surface area contributed by atoms with Crippen molar-refractivity contribution in [2.24, 2.45) is 5.73 Å². The van der Waals surface area contributed by atoms with Gasteiger partial charge in [0.15, 0.2) is 5.78 Å². The second kappa shape index (κ2) is 8.47. The van der Waals surface area contributed by atoms with E-state index in [1.54, 1.807) is 0 Å². The molecule has 0 bridgehead atoms. The van der Waals surface area contributed by atoms with Gasteiger partial charge in [-0.2, -0.15) is 9.61 Å². The van der Waals surface area contributed by atoms with Crippen molar-refractivity contribution in [1.82, 2.24) is 19.9 Å². The first-order chi connectivity index (χ1) is 14.4. The third kappa shape index (κ3) is 4.18. The molecule has 0 atom stereocenters. The van der Waals surface area contributed by atoms with E-state index in [1.807, 2.05) is 25.1 Å². The number of carbonyl (C=O) groups is 1. The van der Waals surface area contributed by atoms with Crippen LogP contribution in [0.15, 0.2) is 35.6 Å². The summed E-state index contributed by atoms with van der Waals surface area (Å²) in [4.78, 5) is 31.9. The normalized spacial score (nSPS) is 14.3. The van der Waals surface area contributed by atoms with Crippen molar-refractivity contribution in [3.05, 3.63) is 52.3 Å². The molecule has 0 unspecified atom stereocenters. The molecule has 2 aromatic heterocycles. The summed E-state index contributed by atoms with van der Waals surface area (Å²) in [7, 11) is 0. The molecule has 30 heavy (non-hydrogen) atoms. The highest BCUT2D eigenvalue weighted by atomic mass is 32.1. The van der Waals surface area contributed by atoms with Gasteiger partial charge in [0.25, 0.3) is 5.56 Å².